The van der Waals surface area contributed by atoms with E-state index in [0.717, 1.165) is 0 Å². The Bertz CT molecular complexity index is 1590. The molecule has 1 aliphatic heterocycles. The quantitative estimate of drug-likeness (QED) is 0.237. The fourth-order valence-electron chi connectivity index (χ4n) is 4.78. The van der Waals surface area contributed by atoms with E-state index in [-0.39, 0.29) is 47.1 Å². The standard InChI is InChI=1S/C33H28FN3O5/c1-21(38)23-3-5-24(6-4-23)32(40)25-14-16-37(17-15-25)33(41)29-12-7-26(20-35-29)30(39)18-22-2-13-31(36-19-22)42-28-10-8-27(34)9-11-28/h2-13,19-20,25H,14-18H2,1H3. The average Bonchev–Trinajstić information content (AvgIpc) is 3.02. The molecule has 8 nitrogen and oxygen atoms in total. The lowest BCUT2D eigenvalue weighted by atomic mass is 9.88. The maximum absolute atomic E-state index is 13.1. The first kappa shape index (κ1) is 28.5. The maximum Gasteiger partial charge on any atom is 0.272 e. The Labute approximate surface area is 242 Å². The second kappa shape index (κ2) is 12.6. The number of nitrogens with zero attached hydrogens (tertiary/aromatic N) is 3. The van der Waals surface area contributed by atoms with Gasteiger partial charge in [-0.25, -0.2) is 9.37 Å². The monoisotopic (exact) mass is 565 g/mol. The number of hydrogen-bond donors (Lipinski definition) is 0. The fourth-order valence-corrected chi connectivity index (χ4v) is 4.78. The number of carbonyl (C=O) groups is 4. The molecule has 1 fully saturated rings. The summed E-state index contributed by atoms with van der Waals surface area (Å²) in [6.07, 6.45) is 4.11. The first-order valence-electron chi connectivity index (χ1n) is 13.6. The van der Waals surface area contributed by atoms with E-state index in [1.54, 1.807) is 53.4 Å². The van der Waals surface area contributed by atoms with E-state index in [9.17, 15) is 23.6 Å². The van der Waals surface area contributed by atoms with Crippen LogP contribution >= 0.6 is 0 Å². The molecule has 3 heterocycles. The Morgan fingerprint density at radius 1 is 0.810 bits per heavy atom. The van der Waals surface area contributed by atoms with Crippen LogP contribution in [0, 0.1) is 11.7 Å². The highest BCUT2D eigenvalue weighted by molar-refractivity contribution is 6.00. The molecule has 42 heavy (non-hydrogen) atoms. The highest BCUT2D eigenvalue weighted by atomic mass is 19.1. The molecule has 0 unspecified atom stereocenters. The van der Waals surface area contributed by atoms with Gasteiger partial charge in [0.05, 0.1) is 0 Å². The molecule has 9 heteroatoms. The van der Waals surface area contributed by atoms with Gasteiger partial charge in [0.15, 0.2) is 17.3 Å². The Balaban J connectivity index is 1.12. The van der Waals surface area contributed by atoms with Crippen LogP contribution in [0.5, 0.6) is 11.6 Å². The van der Waals surface area contributed by atoms with Gasteiger partial charge in [0.2, 0.25) is 5.88 Å². The third kappa shape index (κ3) is 6.80. The predicted octanol–water partition coefficient (Wildman–Crippen LogP) is 5.77. The van der Waals surface area contributed by atoms with Gasteiger partial charge < -0.3 is 9.64 Å². The van der Waals surface area contributed by atoms with Crippen molar-refractivity contribution in [2.45, 2.75) is 26.2 Å². The molecule has 0 radical (unpaired) electrons. The molecule has 4 aromatic rings. The van der Waals surface area contributed by atoms with Crippen molar-refractivity contribution in [1.82, 2.24) is 14.9 Å². The van der Waals surface area contributed by atoms with Crippen molar-refractivity contribution < 1.29 is 28.3 Å². The Morgan fingerprint density at radius 2 is 1.48 bits per heavy atom. The van der Waals surface area contributed by atoms with Gasteiger partial charge >= 0.3 is 0 Å². The van der Waals surface area contributed by atoms with Gasteiger partial charge in [-0.15, -0.1) is 0 Å². The number of amides is 1. The molecule has 0 atom stereocenters. The predicted molar refractivity (Wildman–Crippen MR) is 152 cm³/mol. The van der Waals surface area contributed by atoms with Crippen LogP contribution in [-0.4, -0.2) is 51.2 Å². The van der Waals surface area contributed by atoms with E-state index < -0.39 is 0 Å². The number of halogens is 1. The highest BCUT2D eigenvalue weighted by Gasteiger charge is 2.29. The van der Waals surface area contributed by atoms with Crippen molar-refractivity contribution in [3.63, 3.8) is 0 Å². The van der Waals surface area contributed by atoms with Gasteiger partial charge in [-0.1, -0.05) is 30.3 Å². The second-order valence-electron chi connectivity index (χ2n) is 10.2. The van der Waals surface area contributed by atoms with Crippen molar-refractivity contribution in [2.24, 2.45) is 5.92 Å². The molecule has 1 amide bonds. The summed E-state index contributed by atoms with van der Waals surface area (Å²) in [6.45, 7) is 2.34. The van der Waals surface area contributed by atoms with Crippen LogP contribution < -0.4 is 4.74 Å². The summed E-state index contributed by atoms with van der Waals surface area (Å²) in [5.41, 5.74) is 2.42. The molecule has 1 aliphatic rings. The number of piperidine rings is 1. The van der Waals surface area contributed by atoms with Crippen LogP contribution in [0.1, 0.15) is 66.9 Å². The number of aromatic nitrogens is 2. The first-order chi connectivity index (χ1) is 20.3. The molecule has 5 rings (SSSR count). The molecule has 0 aliphatic carbocycles. The molecule has 212 valence electrons. The third-order valence-corrected chi connectivity index (χ3v) is 7.23. The Morgan fingerprint density at radius 3 is 2.07 bits per heavy atom. The maximum atomic E-state index is 13.1. The minimum absolute atomic E-state index is 0.0171. The van der Waals surface area contributed by atoms with Gasteiger partial charge in [0.1, 0.15) is 17.3 Å². The SMILES string of the molecule is CC(=O)c1ccc(C(=O)C2CCN(C(=O)c3ccc(C(=O)Cc4ccc(Oc5ccc(F)cc5)nc4)cn3)CC2)cc1. The van der Waals surface area contributed by atoms with Gasteiger partial charge in [0, 0.05) is 60.6 Å². The number of benzene rings is 2. The van der Waals surface area contributed by atoms with E-state index in [0.29, 0.717) is 59.8 Å². The van der Waals surface area contributed by atoms with E-state index in [4.69, 9.17) is 4.74 Å². The van der Waals surface area contributed by atoms with E-state index in [1.165, 1.54) is 43.6 Å². The summed E-state index contributed by atoms with van der Waals surface area (Å²) in [7, 11) is 0. The molecule has 0 saturated carbocycles. The second-order valence-corrected chi connectivity index (χ2v) is 10.2. The van der Waals surface area contributed by atoms with Crippen LogP contribution in [0.4, 0.5) is 4.39 Å². The average molecular weight is 566 g/mol. The number of ketones is 3. The first-order valence-corrected chi connectivity index (χ1v) is 13.6. The fraction of sp³-hybridized carbons (Fsp3) is 0.212. The normalized spacial score (nSPS) is 13.4. The summed E-state index contributed by atoms with van der Waals surface area (Å²) < 4.78 is 18.6. The summed E-state index contributed by atoms with van der Waals surface area (Å²) in [4.78, 5) is 60.3. The van der Waals surface area contributed by atoms with Crippen LogP contribution in [0.15, 0.2) is 85.2 Å². The van der Waals surface area contributed by atoms with E-state index in [1.807, 2.05) is 0 Å². The molecule has 2 aromatic carbocycles. The Hall–Kier alpha value is -5.05. The van der Waals surface area contributed by atoms with Gasteiger partial charge in [0.25, 0.3) is 5.91 Å². The van der Waals surface area contributed by atoms with Crippen LogP contribution in [0.3, 0.4) is 0 Å². The van der Waals surface area contributed by atoms with Crippen molar-refractivity contribution in [3.05, 3.63) is 119 Å². The minimum atomic E-state index is -0.361. The third-order valence-electron chi connectivity index (χ3n) is 7.23. The summed E-state index contributed by atoms with van der Waals surface area (Å²) in [5, 5.41) is 0. The highest BCUT2D eigenvalue weighted by Crippen LogP contribution is 2.24. The largest absolute Gasteiger partial charge is 0.439 e. The van der Waals surface area contributed by atoms with Gasteiger partial charge in [-0.3, -0.25) is 24.2 Å². The number of hydrogen-bond acceptors (Lipinski definition) is 7. The lowest BCUT2D eigenvalue weighted by molar-refractivity contribution is 0.0645. The molecule has 0 N–H and O–H groups in total. The zero-order valence-electron chi connectivity index (χ0n) is 23.0. The van der Waals surface area contributed by atoms with Crippen molar-refractivity contribution in [2.75, 3.05) is 13.1 Å². The summed E-state index contributed by atoms with van der Waals surface area (Å²) in [6, 6.07) is 18.7. The summed E-state index contributed by atoms with van der Waals surface area (Å²) >= 11 is 0. The van der Waals surface area contributed by atoms with Crippen molar-refractivity contribution in [3.8, 4) is 11.6 Å². The van der Waals surface area contributed by atoms with Gasteiger partial charge in [-0.05, 0) is 61.7 Å². The topological polar surface area (TPSA) is 107 Å². The Kier molecular flexibility index (Phi) is 8.57. The number of likely N-dealkylation sites (tertiary alicyclic amines) is 1. The smallest absolute Gasteiger partial charge is 0.272 e. The molecule has 0 spiro atoms. The zero-order valence-corrected chi connectivity index (χ0v) is 23.0. The lowest BCUT2D eigenvalue weighted by Crippen LogP contribution is -2.40. The van der Waals surface area contributed by atoms with Gasteiger partial charge in [-0.2, -0.15) is 0 Å². The molecule has 1 saturated heterocycles. The number of rotatable bonds is 9. The van der Waals surface area contributed by atoms with Crippen molar-refractivity contribution >= 4 is 23.3 Å². The molecule has 2 aromatic heterocycles. The number of carbonyl (C=O) groups excluding carboxylic acids is 4. The van der Waals surface area contributed by atoms with Crippen LogP contribution in [-0.2, 0) is 6.42 Å². The molecular formula is C33H28FN3O5. The molecule has 0 bridgehead atoms. The number of Topliss-reactive ketones (excluding diaryl/α,β-unsaturated/α-hetero) is 3. The lowest BCUT2D eigenvalue weighted by Gasteiger charge is -2.31. The van der Waals surface area contributed by atoms with E-state index in [2.05, 4.69) is 9.97 Å². The van der Waals surface area contributed by atoms with Crippen LogP contribution in [0.2, 0.25) is 0 Å². The van der Waals surface area contributed by atoms with Crippen LogP contribution in [0.25, 0.3) is 0 Å². The zero-order chi connectivity index (χ0) is 29.6. The number of pyridine rings is 2. The molecular weight excluding hydrogens is 537 g/mol. The van der Waals surface area contributed by atoms with E-state index >= 15 is 0 Å². The number of ether oxygens (including phenoxy) is 1. The summed E-state index contributed by atoms with van der Waals surface area (Å²) in [5.74, 6) is -0.238. The van der Waals surface area contributed by atoms with Crippen molar-refractivity contribution in [1.29, 1.82) is 0 Å². The minimum Gasteiger partial charge on any atom is -0.439 e.